The molecule has 154 valence electrons. The minimum Gasteiger partial charge on any atom is -0.396 e. The fraction of sp³-hybridized carbons (Fsp3) is 0.500. The third-order valence-corrected chi connectivity index (χ3v) is 8.31. The third-order valence-electron chi connectivity index (χ3n) is 5.39. The van der Waals surface area contributed by atoms with Gasteiger partial charge in [-0.25, -0.2) is 13.9 Å². The summed E-state index contributed by atoms with van der Waals surface area (Å²) in [4.78, 5) is 13.5. The van der Waals surface area contributed by atoms with Crippen LogP contribution in [0.2, 0.25) is 0 Å². The molecule has 1 aliphatic heterocycles. The number of ether oxygens (including phenoxy) is 1. The lowest BCUT2D eigenvalue weighted by molar-refractivity contribution is -0.134. The number of fused-ring (bicyclic) bond motifs is 1. The molecule has 1 aromatic rings. The quantitative estimate of drug-likeness (QED) is 0.478. The second-order valence-corrected chi connectivity index (χ2v) is 9.93. The van der Waals surface area contributed by atoms with Crippen LogP contribution >= 0.6 is 11.3 Å². The Morgan fingerprint density at radius 2 is 2.25 bits per heavy atom. The average Bonchev–Trinajstić information content (AvgIpc) is 3.09. The summed E-state index contributed by atoms with van der Waals surface area (Å²) in [6.45, 7) is 1.48. The average molecular weight is 429 g/mol. The molecule has 1 aromatic heterocycles. The van der Waals surface area contributed by atoms with Crippen molar-refractivity contribution in [3.63, 3.8) is 0 Å². The fourth-order valence-corrected chi connectivity index (χ4v) is 6.25. The van der Waals surface area contributed by atoms with Crippen molar-refractivity contribution in [2.24, 2.45) is 0 Å². The maximum Gasteiger partial charge on any atom is 0.262 e. The number of carbonyl (C=O) groups excluding carboxylic acids is 1. The summed E-state index contributed by atoms with van der Waals surface area (Å²) in [5.74, 6) is -1.65. The monoisotopic (exact) mass is 428 g/mol. The number of allylic oxidation sites excluding steroid dienone is 1. The highest BCUT2D eigenvalue weighted by atomic mass is 32.2. The maximum absolute atomic E-state index is 13.4. The summed E-state index contributed by atoms with van der Waals surface area (Å²) in [7, 11) is -2.48. The zero-order chi connectivity index (χ0) is 20.5. The number of hydrogen-bond acceptors (Lipinski definition) is 7. The summed E-state index contributed by atoms with van der Waals surface area (Å²) >= 11 is 1.46. The zero-order valence-electron chi connectivity index (χ0n) is 15.7. The Kier molecular flexibility index (Phi) is 6.08. The third kappa shape index (κ3) is 3.68. The summed E-state index contributed by atoms with van der Waals surface area (Å²) in [5, 5.41) is 21.1. The number of rotatable bonds is 5. The Morgan fingerprint density at radius 1 is 1.50 bits per heavy atom. The molecular weight excluding hydrogens is 404 g/mol. The Labute approximate surface area is 168 Å². The van der Waals surface area contributed by atoms with Crippen LogP contribution in [-0.4, -0.2) is 60.8 Å². The Bertz CT molecular complexity index is 907. The first-order chi connectivity index (χ1) is 13.3. The number of nitrogens with one attached hydrogen (secondary N) is 1. The van der Waals surface area contributed by atoms with Gasteiger partial charge in [-0.3, -0.25) is 10.0 Å². The molecule has 2 heterocycles. The molecular formula is C18H24N2O6S2. The molecule has 0 saturated heterocycles. The van der Waals surface area contributed by atoms with E-state index in [-0.39, 0.29) is 11.4 Å². The van der Waals surface area contributed by atoms with Crippen LogP contribution < -0.4 is 5.48 Å². The van der Waals surface area contributed by atoms with Gasteiger partial charge in [-0.15, -0.1) is 11.3 Å². The van der Waals surface area contributed by atoms with Crippen molar-refractivity contribution >= 4 is 27.3 Å². The molecule has 3 atom stereocenters. The Hall–Kier alpha value is -1.56. The van der Waals surface area contributed by atoms with Crippen molar-refractivity contribution in [1.29, 1.82) is 0 Å². The smallest absolute Gasteiger partial charge is 0.262 e. The van der Waals surface area contributed by atoms with Gasteiger partial charge in [-0.1, -0.05) is 12.2 Å². The minimum atomic E-state index is -4.04. The molecule has 3 unspecified atom stereocenters. The minimum absolute atomic E-state index is 0.0666. The van der Waals surface area contributed by atoms with E-state index in [0.29, 0.717) is 12.8 Å². The fourth-order valence-electron chi connectivity index (χ4n) is 3.63. The van der Waals surface area contributed by atoms with E-state index in [2.05, 4.69) is 0 Å². The number of amides is 1. The van der Waals surface area contributed by atoms with Gasteiger partial charge >= 0.3 is 0 Å². The molecule has 0 aromatic carbocycles. The number of thiophene rings is 1. The normalized spacial score (nSPS) is 28.4. The van der Waals surface area contributed by atoms with E-state index in [0.717, 1.165) is 14.7 Å². The molecule has 0 bridgehead atoms. The molecule has 1 aliphatic carbocycles. The van der Waals surface area contributed by atoms with Crippen molar-refractivity contribution in [1.82, 2.24) is 9.79 Å². The predicted molar refractivity (Wildman–Crippen MR) is 104 cm³/mol. The first-order valence-corrected chi connectivity index (χ1v) is 11.2. The number of hydrogen-bond donors (Lipinski definition) is 3. The van der Waals surface area contributed by atoms with Crippen LogP contribution in [0.3, 0.4) is 0 Å². The number of sulfonamides is 1. The molecule has 0 radical (unpaired) electrons. The van der Waals surface area contributed by atoms with E-state index < -0.39 is 40.1 Å². The molecule has 0 saturated carbocycles. The van der Waals surface area contributed by atoms with Gasteiger partial charge in [-0.05, 0) is 42.9 Å². The molecule has 1 amide bonds. The van der Waals surface area contributed by atoms with E-state index in [9.17, 15) is 23.5 Å². The highest BCUT2D eigenvalue weighted by molar-refractivity contribution is 7.93. The van der Waals surface area contributed by atoms with Crippen LogP contribution in [0.15, 0.2) is 34.6 Å². The number of hydroxylamine groups is 1. The van der Waals surface area contributed by atoms with Gasteiger partial charge in [-0.2, -0.15) is 4.31 Å². The largest absolute Gasteiger partial charge is 0.396 e. The summed E-state index contributed by atoms with van der Waals surface area (Å²) in [6.07, 6.45) is 5.52. The van der Waals surface area contributed by atoms with Crippen LogP contribution in [-0.2, 0) is 26.0 Å². The highest BCUT2D eigenvalue weighted by Gasteiger charge is 2.44. The van der Waals surface area contributed by atoms with Crippen LogP contribution in [0.4, 0.5) is 0 Å². The molecule has 2 aliphatic rings. The summed E-state index contributed by atoms with van der Waals surface area (Å²) in [6, 6.07) is 0.527. The van der Waals surface area contributed by atoms with Gasteiger partial charge in [0.15, 0.2) is 0 Å². The lowest BCUT2D eigenvalue weighted by atomic mass is 9.93. The van der Waals surface area contributed by atoms with Gasteiger partial charge in [0.25, 0.3) is 5.91 Å². The Morgan fingerprint density at radius 3 is 2.82 bits per heavy atom. The first-order valence-electron chi connectivity index (χ1n) is 8.85. The Balaban J connectivity index is 2.02. The van der Waals surface area contributed by atoms with Gasteiger partial charge in [0, 0.05) is 24.4 Å². The van der Waals surface area contributed by atoms with Crippen LogP contribution in [0, 0.1) is 0 Å². The standard InChI is InChI=1S/C18H24N2O6S2/c1-18(26-2)7-3-12(4-8-18)28(24,25)20-9-5-15-13(6-10-27-15)14(11-21)16(20)17(22)19-23/h3-4,6-7,10,14,16,21,23H,5,8-9,11H2,1-2H3,(H,19,22). The van der Waals surface area contributed by atoms with Gasteiger partial charge in [0.1, 0.15) is 6.04 Å². The molecule has 28 heavy (non-hydrogen) atoms. The van der Waals surface area contributed by atoms with Crippen molar-refractivity contribution < 1.29 is 28.3 Å². The highest BCUT2D eigenvalue weighted by Crippen LogP contribution is 2.37. The van der Waals surface area contributed by atoms with Crippen molar-refractivity contribution in [2.75, 3.05) is 20.3 Å². The molecule has 0 fully saturated rings. The molecule has 8 nitrogen and oxygen atoms in total. The lowest BCUT2D eigenvalue weighted by Gasteiger charge is -2.33. The summed E-state index contributed by atoms with van der Waals surface area (Å²) in [5.41, 5.74) is 1.72. The predicted octanol–water partition coefficient (Wildman–Crippen LogP) is 1.13. The van der Waals surface area contributed by atoms with Crippen LogP contribution in [0.5, 0.6) is 0 Å². The van der Waals surface area contributed by atoms with Crippen LogP contribution in [0.25, 0.3) is 0 Å². The zero-order valence-corrected chi connectivity index (χ0v) is 17.3. The maximum atomic E-state index is 13.4. The van der Waals surface area contributed by atoms with E-state index in [4.69, 9.17) is 4.74 Å². The molecule has 10 heteroatoms. The SMILES string of the molecule is COC1(C)C=CC(S(=O)(=O)N2CCc3sccc3C(CO)C2C(=O)NO)=CC1. The number of methoxy groups -OCH3 is 1. The topological polar surface area (TPSA) is 116 Å². The number of aliphatic hydroxyl groups excluding tert-OH is 1. The number of aliphatic hydroxyl groups is 1. The van der Waals surface area contributed by atoms with E-state index in [1.807, 2.05) is 12.3 Å². The molecule has 3 rings (SSSR count). The van der Waals surface area contributed by atoms with E-state index >= 15 is 0 Å². The number of carbonyl (C=O) groups is 1. The second kappa shape index (κ2) is 8.05. The molecule has 3 N–H and O–H groups in total. The summed E-state index contributed by atoms with van der Waals surface area (Å²) < 4.78 is 33.2. The van der Waals surface area contributed by atoms with Gasteiger partial charge in [0.2, 0.25) is 10.0 Å². The second-order valence-electron chi connectivity index (χ2n) is 7.04. The first kappa shape index (κ1) is 21.2. The lowest BCUT2D eigenvalue weighted by Crippen LogP contribution is -2.52. The number of nitrogens with zero attached hydrogens (tertiary/aromatic N) is 1. The van der Waals surface area contributed by atoms with Crippen molar-refractivity contribution in [3.8, 4) is 0 Å². The van der Waals surface area contributed by atoms with Crippen LogP contribution in [0.1, 0.15) is 29.7 Å². The van der Waals surface area contributed by atoms with Crippen molar-refractivity contribution in [3.05, 3.63) is 45.0 Å². The van der Waals surface area contributed by atoms with E-state index in [1.165, 1.54) is 17.4 Å². The van der Waals surface area contributed by atoms with Gasteiger partial charge < -0.3 is 9.84 Å². The van der Waals surface area contributed by atoms with Crippen molar-refractivity contribution in [2.45, 2.75) is 37.3 Å². The van der Waals surface area contributed by atoms with Gasteiger partial charge in [0.05, 0.1) is 17.1 Å². The molecule has 0 spiro atoms. The van der Waals surface area contributed by atoms with E-state index in [1.54, 1.807) is 30.8 Å².